The van der Waals surface area contributed by atoms with Gasteiger partial charge in [0.05, 0.1) is 5.41 Å². The van der Waals surface area contributed by atoms with Gasteiger partial charge >= 0.3 is 5.97 Å². The Hall–Kier alpha value is -1.06. The number of hydrogen-bond acceptors (Lipinski definition) is 3. The van der Waals surface area contributed by atoms with Gasteiger partial charge in [0.2, 0.25) is 0 Å². The van der Waals surface area contributed by atoms with Gasteiger partial charge in [-0.2, -0.15) is 0 Å². The van der Waals surface area contributed by atoms with Crippen LogP contribution in [0.1, 0.15) is 77.6 Å². The Labute approximate surface area is 145 Å². The highest BCUT2D eigenvalue weighted by Crippen LogP contribution is 2.60. The van der Waals surface area contributed by atoms with Gasteiger partial charge in [-0.3, -0.25) is 4.79 Å². The van der Waals surface area contributed by atoms with Gasteiger partial charge < -0.3 is 9.94 Å². The fourth-order valence-electron chi connectivity index (χ4n) is 6.35. The fourth-order valence-corrected chi connectivity index (χ4v) is 6.35. The lowest BCUT2D eigenvalue weighted by atomic mass is 9.49. The van der Waals surface area contributed by atoms with E-state index in [9.17, 15) is 10.0 Å². The van der Waals surface area contributed by atoms with E-state index in [1.807, 2.05) is 6.92 Å². The summed E-state index contributed by atoms with van der Waals surface area (Å²) < 4.78 is 6.83. The number of ether oxygens (including phenoxy) is 1. The number of esters is 1. The van der Waals surface area contributed by atoms with E-state index < -0.39 is 6.10 Å². The molecule has 0 spiro atoms. The predicted octanol–water partition coefficient (Wildman–Crippen LogP) is 4.05. The molecule has 0 saturated heterocycles. The van der Waals surface area contributed by atoms with Crippen molar-refractivity contribution in [3.05, 3.63) is 5.21 Å². The van der Waals surface area contributed by atoms with E-state index >= 15 is 0 Å². The molecule has 5 aliphatic rings. The van der Waals surface area contributed by atoms with Crippen molar-refractivity contribution in [2.45, 2.75) is 89.7 Å². The van der Waals surface area contributed by atoms with Crippen molar-refractivity contribution < 1.29 is 14.3 Å². The summed E-state index contributed by atoms with van der Waals surface area (Å²) in [6.07, 6.45) is 13.7. The van der Waals surface area contributed by atoms with Crippen molar-refractivity contribution in [3.8, 4) is 0 Å². The summed E-state index contributed by atoms with van der Waals surface area (Å²) in [6, 6.07) is 0.0828. The summed E-state index contributed by atoms with van der Waals surface area (Å²) in [5, 5.41) is 12.3. The van der Waals surface area contributed by atoms with Gasteiger partial charge in [-0.25, -0.2) is 4.74 Å². The lowest BCUT2D eigenvalue weighted by molar-refractivity contribution is -0.503. The van der Waals surface area contributed by atoms with Gasteiger partial charge in [-0.05, 0) is 76.0 Å². The molecule has 0 amide bonds. The summed E-state index contributed by atoms with van der Waals surface area (Å²) in [7, 11) is 0. The molecule has 0 aromatic heterocycles. The maximum atomic E-state index is 12.9. The van der Waals surface area contributed by atoms with Crippen molar-refractivity contribution in [1.82, 2.24) is 0 Å². The Kier molecular flexibility index (Phi) is 4.34. The molecule has 0 aliphatic heterocycles. The molecule has 5 fully saturated rings. The Bertz CT molecular complexity index is 486. The standard InChI is InChI=1S/C20H31NO3/c1-14(13-21(23)18-5-3-2-4-6-18)24-19(22)20-10-15-7-16(11-20)9-17(8-15)12-20/h13-18H,2-12H2,1H3/b21-13-. The maximum Gasteiger partial charge on any atom is 0.312 e. The molecule has 5 saturated carbocycles. The minimum absolute atomic E-state index is 0.0256. The number of rotatable bonds is 4. The molecule has 4 bridgehead atoms. The zero-order chi connectivity index (χ0) is 16.7. The average Bonchev–Trinajstić information content (AvgIpc) is 2.54. The van der Waals surface area contributed by atoms with Gasteiger partial charge in [-0.15, -0.1) is 0 Å². The smallest absolute Gasteiger partial charge is 0.312 e. The number of carbonyl (C=O) groups is 1. The molecule has 4 nitrogen and oxygen atoms in total. The van der Waals surface area contributed by atoms with Crippen LogP contribution in [0.3, 0.4) is 0 Å². The molecule has 24 heavy (non-hydrogen) atoms. The van der Waals surface area contributed by atoms with Gasteiger partial charge in [0.15, 0.2) is 18.4 Å². The molecule has 4 heteroatoms. The van der Waals surface area contributed by atoms with Crippen LogP contribution < -0.4 is 0 Å². The number of carbonyl (C=O) groups excluding carboxylic acids is 1. The van der Waals surface area contributed by atoms with Crippen LogP contribution in [0.25, 0.3) is 0 Å². The van der Waals surface area contributed by atoms with Crippen LogP contribution in [0.2, 0.25) is 0 Å². The van der Waals surface area contributed by atoms with Crippen LogP contribution in [-0.4, -0.2) is 29.1 Å². The summed E-state index contributed by atoms with van der Waals surface area (Å²) in [4.78, 5) is 12.9. The number of hydroxylamine groups is 1. The second-order valence-electron chi connectivity index (χ2n) is 9.11. The quantitative estimate of drug-likeness (QED) is 0.256. The zero-order valence-electron chi connectivity index (χ0n) is 14.9. The van der Waals surface area contributed by atoms with E-state index in [1.165, 1.54) is 25.7 Å². The molecule has 1 unspecified atom stereocenters. The van der Waals surface area contributed by atoms with Crippen LogP contribution in [0, 0.1) is 28.4 Å². The van der Waals surface area contributed by atoms with Crippen LogP contribution in [0.5, 0.6) is 0 Å². The third kappa shape index (κ3) is 3.09. The summed E-state index contributed by atoms with van der Waals surface area (Å²) >= 11 is 0. The van der Waals surface area contributed by atoms with Crippen LogP contribution >= 0.6 is 0 Å². The van der Waals surface area contributed by atoms with Gasteiger partial charge in [-0.1, -0.05) is 6.42 Å². The van der Waals surface area contributed by atoms with Crippen molar-refractivity contribution in [2.24, 2.45) is 23.2 Å². The maximum absolute atomic E-state index is 12.9. The van der Waals surface area contributed by atoms with E-state index in [0.717, 1.165) is 67.4 Å². The minimum atomic E-state index is -0.412. The third-order valence-electron chi connectivity index (χ3n) is 7.06. The van der Waals surface area contributed by atoms with E-state index in [-0.39, 0.29) is 17.4 Å². The van der Waals surface area contributed by atoms with Crippen LogP contribution in [0.15, 0.2) is 0 Å². The highest BCUT2D eigenvalue weighted by molar-refractivity contribution is 5.79. The molecule has 1 atom stereocenters. The predicted molar refractivity (Wildman–Crippen MR) is 92.7 cm³/mol. The Morgan fingerprint density at radius 2 is 1.62 bits per heavy atom. The minimum Gasteiger partial charge on any atom is -0.624 e. The normalized spacial score (nSPS) is 40.5. The number of nitrogens with zero attached hydrogens (tertiary/aromatic N) is 1. The molecule has 0 radical (unpaired) electrons. The Morgan fingerprint density at radius 1 is 1.08 bits per heavy atom. The van der Waals surface area contributed by atoms with Crippen molar-refractivity contribution in [2.75, 3.05) is 0 Å². The highest BCUT2D eigenvalue weighted by Gasteiger charge is 2.55. The van der Waals surface area contributed by atoms with Crippen LogP contribution in [0.4, 0.5) is 0 Å². The Morgan fingerprint density at radius 3 is 2.17 bits per heavy atom. The molecule has 134 valence electrons. The van der Waals surface area contributed by atoms with Crippen LogP contribution in [-0.2, 0) is 9.53 Å². The zero-order valence-corrected chi connectivity index (χ0v) is 14.9. The third-order valence-corrected chi connectivity index (χ3v) is 7.06. The topological polar surface area (TPSA) is 52.4 Å². The largest absolute Gasteiger partial charge is 0.624 e. The molecular weight excluding hydrogens is 302 g/mol. The molecule has 0 aromatic rings. The molecular formula is C20H31NO3. The summed E-state index contributed by atoms with van der Waals surface area (Å²) in [5.74, 6) is 2.19. The SMILES string of the molecule is CC(/C=[N+](\[O-])C1CCCCC1)OC(=O)C12CC3CC(CC(C3)C1)C2. The lowest BCUT2D eigenvalue weighted by Crippen LogP contribution is -2.51. The Balaban J connectivity index is 1.38. The highest BCUT2D eigenvalue weighted by atomic mass is 16.5. The number of hydrogen-bond donors (Lipinski definition) is 0. The van der Waals surface area contributed by atoms with Crippen molar-refractivity contribution in [3.63, 3.8) is 0 Å². The van der Waals surface area contributed by atoms with E-state index in [0.29, 0.717) is 0 Å². The van der Waals surface area contributed by atoms with E-state index in [4.69, 9.17) is 4.74 Å². The molecule has 0 N–H and O–H groups in total. The first-order valence-corrected chi connectivity index (χ1v) is 10.1. The van der Waals surface area contributed by atoms with Gasteiger partial charge in [0, 0.05) is 12.8 Å². The monoisotopic (exact) mass is 333 g/mol. The van der Waals surface area contributed by atoms with Gasteiger partial charge in [0.25, 0.3) is 0 Å². The van der Waals surface area contributed by atoms with Gasteiger partial charge in [0.1, 0.15) is 0 Å². The molecule has 5 rings (SSSR count). The molecule has 0 heterocycles. The molecule has 0 aromatic carbocycles. The summed E-state index contributed by atoms with van der Waals surface area (Å²) in [6.45, 7) is 1.84. The first kappa shape index (κ1) is 16.4. The summed E-state index contributed by atoms with van der Waals surface area (Å²) in [5.41, 5.74) is -0.227. The fraction of sp³-hybridized carbons (Fsp3) is 0.900. The second-order valence-corrected chi connectivity index (χ2v) is 9.11. The lowest BCUT2D eigenvalue weighted by Gasteiger charge is -2.55. The molecule has 5 aliphatic carbocycles. The average molecular weight is 333 g/mol. The van der Waals surface area contributed by atoms with E-state index in [1.54, 1.807) is 6.21 Å². The van der Waals surface area contributed by atoms with Crippen molar-refractivity contribution in [1.29, 1.82) is 0 Å². The van der Waals surface area contributed by atoms with E-state index in [2.05, 4.69) is 0 Å². The first-order valence-electron chi connectivity index (χ1n) is 10.1. The first-order chi connectivity index (χ1) is 11.5. The van der Waals surface area contributed by atoms with Crippen molar-refractivity contribution >= 4 is 12.2 Å². The second kappa shape index (κ2) is 6.34.